The highest BCUT2D eigenvalue weighted by Crippen LogP contribution is 2.25. The zero-order valence-corrected chi connectivity index (χ0v) is 11.3. The molecule has 1 heterocycles. The summed E-state index contributed by atoms with van der Waals surface area (Å²) in [6.45, 7) is 3.15. The van der Waals surface area contributed by atoms with E-state index in [4.69, 9.17) is 16.3 Å². The fourth-order valence-corrected chi connectivity index (χ4v) is 1.68. The summed E-state index contributed by atoms with van der Waals surface area (Å²) in [5.74, 6) is -0.549. The SMILES string of the molecule is C[CH]NC(=O)c1cc(Cl)cnc1Oc1cccc(F)c1. The third kappa shape index (κ3) is 3.45. The summed E-state index contributed by atoms with van der Waals surface area (Å²) in [4.78, 5) is 15.8. The van der Waals surface area contributed by atoms with Crippen LogP contribution in [0.2, 0.25) is 5.02 Å². The summed E-state index contributed by atoms with van der Waals surface area (Å²) in [6.07, 6.45) is 1.35. The van der Waals surface area contributed by atoms with E-state index in [2.05, 4.69) is 10.3 Å². The number of hydrogen-bond donors (Lipinski definition) is 1. The normalized spacial score (nSPS) is 10.2. The Bertz CT molecular complexity index is 634. The van der Waals surface area contributed by atoms with E-state index in [1.807, 2.05) is 0 Å². The van der Waals surface area contributed by atoms with Crippen molar-refractivity contribution in [3.8, 4) is 11.6 Å². The van der Waals surface area contributed by atoms with E-state index in [0.717, 1.165) is 0 Å². The summed E-state index contributed by atoms with van der Waals surface area (Å²) in [5, 5.41) is 2.81. The molecule has 1 radical (unpaired) electrons. The molecule has 1 N–H and O–H groups in total. The molecule has 1 aromatic heterocycles. The average molecular weight is 294 g/mol. The summed E-state index contributed by atoms with van der Waals surface area (Å²) >= 11 is 5.82. The van der Waals surface area contributed by atoms with Crippen molar-refractivity contribution in [2.75, 3.05) is 0 Å². The first-order valence-corrected chi connectivity index (χ1v) is 6.15. The fraction of sp³-hybridized carbons (Fsp3) is 0.0714. The highest BCUT2D eigenvalue weighted by atomic mass is 35.5. The molecular weight excluding hydrogens is 283 g/mol. The van der Waals surface area contributed by atoms with Gasteiger partial charge in [-0.2, -0.15) is 0 Å². The summed E-state index contributed by atoms with van der Waals surface area (Å²) in [7, 11) is 0. The molecule has 0 unspecified atom stereocenters. The van der Waals surface area contributed by atoms with Gasteiger partial charge in [0.2, 0.25) is 5.88 Å². The lowest BCUT2D eigenvalue weighted by molar-refractivity contribution is 0.0961. The monoisotopic (exact) mass is 293 g/mol. The Kier molecular flexibility index (Phi) is 4.53. The smallest absolute Gasteiger partial charge is 0.257 e. The minimum Gasteiger partial charge on any atom is -0.438 e. The van der Waals surface area contributed by atoms with E-state index in [-0.39, 0.29) is 17.2 Å². The average Bonchev–Trinajstić information content (AvgIpc) is 2.41. The lowest BCUT2D eigenvalue weighted by Gasteiger charge is -2.10. The number of carbonyl (C=O) groups is 1. The Morgan fingerprint density at radius 1 is 1.45 bits per heavy atom. The van der Waals surface area contributed by atoms with Gasteiger partial charge in [0.15, 0.2) is 0 Å². The zero-order chi connectivity index (χ0) is 14.5. The fourth-order valence-electron chi connectivity index (χ4n) is 1.52. The van der Waals surface area contributed by atoms with Gasteiger partial charge >= 0.3 is 0 Å². The molecule has 0 bridgehead atoms. The maximum Gasteiger partial charge on any atom is 0.257 e. The molecule has 0 fully saturated rings. The maximum atomic E-state index is 13.1. The highest BCUT2D eigenvalue weighted by molar-refractivity contribution is 6.30. The van der Waals surface area contributed by atoms with E-state index in [0.29, 0.717) is 5.02 Å². The van der Waals surface area contributed by atoms with E-state index in [1.165, 1.54) is 37.0 Å². The van der Waals surface area contributed by atoms with Crippen LogP contribution in [-0.4, -0.2) is 10.9 Å². The van der Waals surface area contributed by atoms with E-state index in [9.17, 15) is 9.18 Å². The van der Waals surface area contributed by atoms with Crippen LogP contribution in [0.3, 0.4) is 0 Å². The highest BCUT2D eigenvalue weighted by Gasteiger charge is 2.15. The number of rotatable bonds is 4. The summed E-state index contributed by atoms with van der Waals surface area (Å²) < 4.78 is 18.5. The van der Waals surface area contributed by atoms with E-state index >= 15 is 0 Å². The van der Waals surface area contributed by atoms with Crippen LogP contribution in [-0.2, 0) is 0 Å². The lowest BCUT2D eigenvalue weighted by atomic mass is 10.2. The molecule has 0 saturated carbocycles. The van der Waals surface area contributed by atoms with Crippen molar-refractivity contribution in [1.82, 2.24) is 10.3 Å². The number of nitrogens with one attached hydrogen (secondary N) is 1. The molecule has 0 saturated heterocycles. The number of benzene rings is 1. The van der Waals surface area contributed by atoms with E-state index < -0.39 is 11.7 Å². The van der Waals surface area contributed by atoms with Crippen molar-refractivity contribution in [3.63, 3.8) is 0 Å². The first-order valence-electron chi connectivity index (χ1n) is 5.78. The molecule has 0 spiro atoms. The largest absolute Gasteiger partial charge is 0.438 e. The van der Waals surface area contributed by atoms with Crippen LogP contribution in [0.15, 0.2) is 36.5 Å². The molecule has 20 heavy (non-hydrogen) atoms. The van der Waals surface area contributed by atoms with Gasteiger partial charge in [0.1, 0.15) is 17.1 Å². The molecule has 6 heteroatoms. The Labute approximate surface area is 120 Å². The van der Waals surface area contributed by atoms with E-state index in [1.54, 1.807) is 13.0 Å². The number of carbonyl (C=O) groups excluding carboxylic acids is 1. The standard InChI is InChI=1S/C14H11ClFN2O2/c1-2-17-13(19)12-6-9(15)8-18-14(12)20-11-5-3-4-10(16)7-11/h2-8H,1H3,(H,17,19). The number of nitrogens with zero attached hydrogens (tertiary/aromatic N) is 1. The van der Waals surface area contributed by atoms with Gasteiger partial charge < -0.3 is 10.1 Å². The van der Waals surface area contributed by atoms with Gasteiger partial charge in [-0.1, -0.05) is 17.7 Å². The third-order valence-corrected chi connectivity index (χ3v) is 2.56. The van der Waals surface area contributed by atoms with Crippen molar-refractivity contribution in [2.45, 2.75) is 6.92 Å². The molecule has 0 aliphatic rings. The second kappa shape index (κ2) is 6.34. The second-order valence-corrected chi connectivity index (χ2v) is 4.26. The maximum absolute atomic E-state index is 13.1. The number of ether oxygens (including phenoxy) is 1. The van der Waals surface area contributed by atoms with Crippen LogP contribution in [0.1, 0.15) is 17.3 Å². The molecule has 4 nitrogen and oxygen atoms in total. The molecule has 2 aromatic rings. The van der Waals surface area contributed by atoms with Crippen molar-refractivity contribution < 1.29 is 13.9 Å². The minimum atomic E-state index is -0.440. The molecular formula is C14H11ClFN2O2. The Balaban J connectivity index is 2.33. The quantitative estimate of drug-likeness (QED) is 0.937. The van der Waals surface area contributed by atoms with Gasteiger partial charge in [-0.3, -0.25) is 4.79 Å². The zero-order valence-electron chi connectivity index (χ0n) is 10.6. The first-order chi connectivity index (χ1) is 9.60. The Morgan fingerprint density at radius 2 is 2.25 bits per heavy atom. The predicted molar refractivity (Wildman–Crippen MR) is 73.2 cm³/mol. The summed E-state index contributed by atoms with van der Waals surface area (Å²) in [5.41, 5.74) is 0.167. The number of amides is 1. The van der Waals surface area contributed by atoms with Crippen LogP contribution in [0.4, 0.5) is 4.39 Å². The van der Waals surface area contributed by atoms with Gasteiger partial charge in [-0.05, 0) is 25.1 Å². The molecule has 103 valence electrons. The second-order valence-electron chi connectivity index (χ2n) is 3.83. The molecule has 0 aliphatic carbocycles. The predicted octanol–water partition coefficient (Wildman–Crippen LogP) is 3.58. The van der Waals surface area contributed by atoms with Gasteiger partial charge in [0.25, 0.3) is 5.91 Å². The minimum absolute atomic E-state index is 0.0550. The van der Waals surface area contributed by atoms with Gasteiger partial charge in [0, 0.05) is 18.8 Å². The van der Waals surface area contributed by atoms with Crippen LogP contribution in [0.25, 0.3) is 0 Å². The van der Waals surface area contributed by atoms with Crippen molar-refractivity contribution in [3.05, 3.63) is 59.5 Å². The van der Waals surface area contributed by atoms with Gasteiger partial charge in [0.05, 0.1) is 5.02 Å². The lowest BCUT2D eigenvalue weighted by Crippen LogP contribution is -2.20. The molecule has 2 rings (SSSR count). The topological polar surface area (TPSA) is 51.2 Å². The van der Waals surface area contributed by atoms with Crippen LogP contribution in [0, 0.1) is 12.4 Å². The number of aromatic nitrogens is 1. The molecule has 0 aliphatic heterocycles. The molecule has 1 aromatic carbocycles. The van der Waals surface area contributed by atoms with Gasteiger partial charge in [-0.25, -0.2) is 9.37 Å². The first kappa shape index (κ1) is 14.3. The Hall–Kier alpha value is -2.14. The van der Waals surface area contributed by atoms with Gasteiger partial charge in [-0.15, -0.1) is 0 Å². The van der Waals surface area contributed by atoms with Crippen LogP contribution >= 0.6 is 11.6 Å². The van der Waals surface area contributed by atoms with Crippen molar-refractivity contribution in [2.24, 2.45) is 0 Å². The molecule has 1 amide bonds. The van der Waals surface area contributed by atoms with Crippen molar-refractivity contribution >= 4 is 17.5 Å². The summed E-state index contributed by atoms with van der Waals surface area (Å²) in [6, 6.07) is 6.99. The number of halogens is 2. The van der Waals surface area contributed by atoms with Crippen LogP contribution in [0.5, 0.6) is 11.6 Å². The Morgan fingerprint density at radius 3 is 2.95 bits per heavy atom. The van der Waals surface area contributed by atoms with Crippen LogP contribution < -0.4 is 10.1 Å². The number of hydrogen-bond acceptors (Lipinski definition) is 3. The number of pyridine rings is 1. The third-order valence-electron chi connectivity index (χ3n) is 2.35. The van der Waals surface area contributed by atoms with Crippen molar-refractivity contribution in [1.29, 1.82) is 0 Å². The molecule has 0 atom stereocenters.